The third-order valence-corrected chi connectivity index (χ3v) is 6.57. The maximum Gasteiger partial charge on any atom is 0.263 e. The van der Waals surface area contributed by atoms with E-state index in [-0.39, 0.29) is 17.2 Å². The van der Waals surface area contributed by atoms with Crippen LogP contribution in [0, 0.1) is 6.92 Å². The molecule has 0 atom stereocenters. The summed E-state index contributed by atoms with van der Waals surface area (Å²) in [4.78, 5) is 25.9. The molecule has 0 unspecified atom stereocenters. The molecule has 0 saturated carbocycles. The van der Waals surface area contributed by atoms with Gasteiger partial charge in [-0.15, -0.1) is 10.2 Å². The molecule has 176 valence electrons. The number of benzene rings is 3. The highest BCUT2D eigenvalue weighted by molar-refractivity contribution is 7.99. The minimum atomic E-state index is -0.172. The number of rotatable bonds is 7. The second-order valence-electron chi connectivity index (χ2n) is 8.08. The summed E-state index contributed by atoms with van der Waals surface area (Å²) in [5.74, 6) is 1.12. The van der Waals surface area contributed by atoms with Crippen LogP contribution in [0.2, 0.25) is 0 Å². The van der Waals surface area contributed by atoms with Crippen LogP contribution in [0.3, 0.4) is 0 Å². The largest absolute Gasteiger partial charge is 0.497 e. The lowest BCUT2D eigenvalue weighted by Crippen LogP contribution is -2.24. The molecule has 0 aliphatic heterocycles. The molecule has 1 N–H and O–H groups in total. The highest BCUT2D eigenvalue weighted by Gasteiger charge is 2.18. The van der Waals surface area contributed by atoms with Crippen molar-refractivity contribution in [3.05, 3.63) is 94.3 Å². The number of methoxy groups -OCH3 is 1. The zero-order valence-corrected chi connectivity index (χ0v) is 20.1. The Balaban J connectivity index is 1.46. The molecule has 0 saturated heterocycles. The van der Waals surface area contributed by atoms with Crippen LogP contribution in [0.1, 0.15) is 11.1 Å². The van der Waals surface area contributed by atoms with Gasteiger partial charge in [0.05, 0.1) is 30.3 Å². The Labute approximate surface area is 205 Å². The predicted octanol–water partition coefficient (Wildman–Crippen LogP) is 4.14. The number of carbonyl (C=O) groups is 1. The van der Waals surface area contributed by atoms with Gasteiger partial charge < -0.3 is 10.1 Å². The van der Waals surface area contributed by atoms with Crippen molar-refractivity contribution in [3.8, 4) is 5.75 Å². The molecule has 0 spiro atoms. The number of nitrogens with one attached hydrogen (secondary N) is 1. The number of aryl methyl sites for hydroxylation is 1. The molecule has 5 aromatic rings. The zero-order chi connectivity index (χ0) is 24.4. The zero-order valence-electron chi connectivity index (χ0n) is 19.3. The van der Waals surface area contributed by atoms with E-state index in [9.17, 15) is 9.59 Å². The fourth-order valence-electron chi connectivity index (χ4n) is 3.85. The Morgan fingerprint density at radius 3 is 2.49 bits per heavy atom. The van der Waals surface area contributed by atoms with Crippen LogP contribution in [0.25, 0.3) is 16.7 Å². The molecule has 3 aromatic carbocycles. The van der Waals surface area contributed by atoms with Crippen molar-refractivity contribution in [1.29, 1.82) is 0 Å². The van der Waals surface area contributed by atoms with E-state index < -0.39 is 0 Å². The summed E-state index contributed by atoms with van der Waals surface area (Å²) in [7, 11) is 1.59. The topological polar surface area (TPSA) is 90.5 Å². The molecule has 1 amide bonds. The van der Waals surface area contributed by atoms with Crippen molar-refractivity contribution < 1.29 is 9.53 Å². The first kappa shape index (κ1) is 22.7. The Hall–Kier alpha value is -4.11. The predicted molar refractivity (Wildman–Crippen MR) is 137 cm³/mol. The van der Waals surface area contributed by atoms with Crippen molar-refractivity contribution in [2.45, 2.75) is 18.6 Å². The summed E-state index contributed by atoms with van der Waals surface area (Å²) in [6.45, 7) is 2.39. The maximum absolute atomic E-state index is 13.3. The molecule has 0 bridgehead atoms. The summed E-state index contributed by atoms with van der Waals surface area (Å²) >= 11 is 1.27. The van der Waals surface area contributed by atoms with Crippen molar-refractivity contribution in [3.63, 3.8) is 0 Å². The van der Waals surface area contributed by atoms with Crippen LogP contribution < -0.4 is 15.6 Å². The highest BCUT2D eigenvalue weighted by Crippen LogP contribution is 2.23. The quantitative estimate of drug-likeness (QED) is 0.349. The number of aromatic nitrogens is 4. The Morgan fingerprint density at radius 2 is 1.74 bits per heavy atom. The number of ether oxygens (including phenoxy) is 1. The Kier molecular flexibility index (Phi) is 6.24. The first-order chi connectivity index (χ1) is 17.0. The van der Waals surface area contributed by atoms with Gasteiger partial charge in [0.15, 0.2) is 5.16 Å². The van der Waals surface area contributed by atoms with Crippen LogP contribution in [-0.2, 0) is 11.3 Å². The number of thioether (sulfide) groups is 1. The lowest BCUT2D eigenvalue weighted by atomic mass is 10.1. The molecule has 5 rings (SSSR count). The van der Waals surface area contributed by atoms with E-state index in [1.54, 1.807) is 42.0 Å². The first-order valence-electron chi connectivity index (χ1n) is 11.0. The fourth-order valence-corrected chi connectivity index (χ4v) is 4.59. The second-order valence-corrected chi connectivity index (χ2v) is 9.02. The first-order valence-corrected chi connectivity index (χ1v) is 12.0. The van der Waals surface area contributed by atoms with Crippen molar-refractivity contribution in [2.24, 2.45) is 0 Å². The number of anilines is 1. The molecule has 0 aliphatic rings. The van der Waals surface area contributed by atoms with Crippen molar-refractivity contribution >= 4 is 40.0 Å². The smallest absolute Gasteiger partial charge is 0.263 e. The van der Waals surface area contributed by atoms with Crippen LogP contribution in [0.15, 0.2) is 82.7 Å². The van der Waals surface area contributed by atoms with E-state index in [1.807, 2.05) is 53.8 Å². The third kappa shape index (κ3) is 4.63. The minimum Gasteiger partial charge on any atom is -0.497 e. The summed E-state index contributed by atoms with van der Waals surface area (Å²) in [5.41, 5.74) is 3.40. The molecule has 2 heterocycles. The van der Waals surface area contributed by atoms with Gasteiger partial charge in [-0.05, 0) is 48.9 Å². The molecule has 2 aromatic heterocycles. The van der Waals surface area contributed by atoms with E-state index in [0.717, 1.165) is 16.9 Å². The minimum absolute atomic E-state index is 0.130. The van der Waals surface area contributed by atoms with Crippen LogP contribution in [-0.4, -0.2) is 37.9 Å². The van der Waals surface area contributed by atoms with Gasteiger partial charge in [-0.3, -0.25) is 18.6 Å². The molecule has 8 nitrogen and oxygen atoms in total. The molecular formula is C26H23N5O3S. The molecule has 35 heavy (non-hydrogen) atoms. The Bertz CT molecular complexity index is 1570. The summed E-state index contributed by atoms with van der Waals surface area (Å²) in [6.07, 6.45) is 0. The molecular weight excluding hydrogens is 462 g/mol. The van der Waals surface area contributed by atoms with E-state index in [4.69, 9.17) is 4.74 Å². The van der Waals surface area contributed by atoms with Crippen LogP contribution >= 0.6 is 11.8 Å². The Morgan fingerprint density at radius 1 is 1.00 bits per heavy atom. The van der Waals surface area contributed by atoms with Gasteiger partial charge in [-0.25, -0.2) is 0 Å². The van der Waals surface area contributed by atoms with E-state index >= 15 is 0 Å². The number of fused-ring (bicyclic) bond motifs is 3. The summed E-state index contributed by atoms with van der Waals surface area (Å²) < 4.78 is 8.62. The van der Waals surface area contributed by atoms with E-state index in [2.05, 4.69) is 15.5 Å². The molecule has 0 radical (unpaired) electrons. The van der Waals surface area contributed by atoms with Crippen LogP contribution in [0.5, 0.6) is 5.75 Å². The number of hydrogen-bond acceptors (Lipinski definition) is 6. The number of carbonyl (C=O) groups excluding carboxylic acids is 1. The van der Waals surface area contributed by atoms with Gasteiger partial charge in [-0.1, -0.05) is 53.7 Å². The van der Waals surface area contributed by atoms with Gasteiger partial charge >= 0.3 is 0 Å². The fraction of sp³-hybridized carbons (Fsp3) is 0.154. The lowest BCUT2D eigenvalue weighted by Gasteiger charge is -2.11. The number of nitrogens with zero attached hydrogens (tertiary/aromatic N) is 4. The summed E-state index contributed by atoms with van der Waals surface area (Å²) in [6, 6.07) is 22.6. The average Bonchev–Trinajstić information content (AvgIpc) is 3.31. The van der Waals surface area contributed by atoms with Gasteiger partial charge in [0.1, 0.15) is 5.75 Å². The number of hydrogen-bond donors (Lipinski definition) is 1. The van der Waals surface area contributed by atoms with Crippen LogP contribution in [0.4, 0.5) is 5.69 Å². The average molecular weight is 486 g/mol. The SMILES string of the molecule is COc1ccc(NC(=O)CSc2nnc3n(Cc4ccc(C)cc4)c(=O)c4ccccc4n23)cc1. The van der Waals surface area contributed by atoms with E-state index in [1.165, 1.54) is 11.8 Å². The standard InChI is InChI=1S/C26H23N5O3S/c1-17-7-9-18(10-8-17)15-30-24(33)21-5-3-4-6-22(21)31-25(30)28-29-26(31)35-16-23(32)27-19-11-13-20(34-2)14-12-19/h3-14H,15-16H2,1-2H3,(H,27,32). The molecule has 9 heteroatoms. The van der Waals surface area contributed by atoms with Gasteiger partial charge in [0, 0.05) is 5.69 Å². The van der Waals surface area contributed by atoms with Crippen molar-refractivity contribution in [2.75, 3.05) is 18.2 Å². The normalized spacial score (nSPS) is 11.1. The van der Waals surface area contributed by atoms with Gasteiger partial charge in [0.25, 0.3) is 5.56 Å². The monoisotopic (exact) mass is 485 g/mol. The third-order valence-electron chi connectivity index (χ3n) is 5.65. The highest BCUT2D eigenvalue weighted by atomic mass is 32.2. The molecule has 0 fully saturated rings. The van der Waals surface area contributed by atoms with Crippen molar-refractivity contribution in [1.82, 2.24) is 19.2 Å². The number of amides is 1. The number of para-hydroxylation sites is 1. The van der Waals surface area contributed by atoms with E-state index in [0.29, 0.717) is 34.1 Å². The summed E-state index contributed by atoms with van der Waals surface area (Å²) in [5, 5.41) is 12.6. The van der Waals surface area contributed by atoms with Gasteiger partial charge in [-0.2, -0.15) is 0 Å². The molecule has 0 aliphatic carbocycles. The van der Waals surface area contributed by atoms with Gasteiger partial charge in [0.2, 0.25) is 11.7 Å². The maximum atomic E-state index is 13.3. The second kappa shape index (κ2) is 9.63. The lowest BCUT2D eigenvalue weighted by molar-refractivity contribution is -0.113.